The Hall–Kier alpha value is -3.15. The van der Waals surface area contributed by atoms with E-state index in [9.17, 15) is 18.0 Å². The molecule has 0 aliphatic rings. The zero-order valence-electron chi connectivity index (χ0n) is 15.4. The SMILES string of the molecule is CCn1cnc2c(=O)n(-c3ccc(C#N)cc3)c(CC(C)CC(F)(F)F)nc21. The van der Waals surface area contributed by atoms with Gasteiger partial charge in [0.15, 0.2) is 11.2 Å². The van der Waals surface area contributed by atoms with Crippen LogP contribution in [0.15, 0.2) is 35.4 Å². The zero-order chi connectivity index (χ0) is 20.5. The van der Waals surface area contributed by atoms with Gasteiger partial charge in [-0.1, -0.05) is 6.92 Å². The van der Waals surface area contributed by atoms with Crippen LogP contribution in [-0.4, -0.2) is 25.3 Å². The predicted molar refractivity (Wildman–Crippen MR) is 97.1 cm³/mol. The number of hydrogen-bond donors (Lipinski definition) is 0. The van der Waals surface area contributed by atoms with Crippen LogP contribution in [0.1, 0.15) is 31.7 Å². The molecular weight excluding hydrogens is 371 g/mol. The number of benzene rings is 1. The van der Waals surface area contributed by atoms with Crippen molar-refractivity contribution in [2.24, 2.45) is 5.92 Å². The fraction of sp³-hybridized carbons (Fsp3) is 0.368. The van der Waals surface area contributed by atoms with Gasteiger partial charge in [0.1, 0.15) is 5.82 Å². The van der Waals surface area contributed by atoms with E-state index in [1.54, 1.807) is 28.8 Å². The van der Waals surface area contributed by atoms with Crippen molar-refractivity contribution in [3.63, 3.8) is 0 Å². The highest BCUT2D eigenvalue weighted by molar-refractivity contribution is 5.70. The maximum atomic E-state index is 13.1. The molecule has 0 saturated carbocycles. The summed E-state index contributed by atoms with van der Waals surface area (Å²) in [4.78, 5) is 21.7. The largest absolute Gasteiger partial charge is 0.389 e. The fourth-order valence-corrected chi connectivity index (χ4v) is 3.14. The van der Waals surface area contributed by atoms with Crippen molar-refractivity contribution in [1.29, 1.82) is 5.26 Å². The molecule has 0 N–H and O–H groups in total. The third-order valence-electron chi connectivity index (χ3n) is 4.42. The van der Waals surface area contributed by atoms with Crippen LogP contribution < -0.4 is 5.56 Å². The maximum Gasteiger partial charge on any atom is 0.389 e. The highest BCUT2D eigenvalue weighted by Gasteiger charge is 2.31. The molecule has 0 radical (unpaired) electrons. The van der Waals surface area contributed by atoms with Gasteiger partial charge in [-0.3, -0.25) is 9.36 Å². The molecule has 1 aromatic carbocycles. The summed E-state index contributed by atoms with van der Waals surface area (Å²) in [5.41, 5.74) is 0.896. The van der Waals surface area contributed by atoms with Crippen LogP contribution in [-0.2, 0) is 13.0 Å². The maximum absolute atomic E-state index is 13.1. The lowest BCUT2D eigenvalue weighted by Gasteiger charge is -2.17. The van der Waals surface area contributed by atoms with Crippen molar-refractivity contribution < 1.29 is 13.2 Å². The van der Waals surface area contributed by atoms with Crippen LogP contribution >= 0.6 is 0 Å². The number of rotatable bonds is 5. The van der Waals surface area contributed by atoms with E-state index in [1.807, 2.05) is 13.0 Å². The Labute approximate surface area is 158 Å². The number of imidazole rings is 1. The van der Waals surface area contributed by atoms with Crippen molar-refractivity contribution in [2.45, 2.75) is 39.4 Å². The summed E-state index contributed by atoms with van der Waals surface area (Å²) in [5, 5.41) is 8.96. The third kappa shape index (κ3) is 3.91. The van der Waals surface area contributed by atoms with Gasteiger partial charge in [0.05, 0.1) is 23.6 Å². The summed E-state index contributed by atoms with van der Waals surface area (Å²) in [6.07, 6.45) is -3.81. The van der Waals surface area contributed by atoms with Crippen LogP contribution in [0.3, 0.4) is 0 Å². The molecule has 0 spiro atoms. The Kier molecular flexibility index (Phi) is 5.23. The first kappa shape index (κ1) is 19.6. The highest BCUT2D eigenvalue weighted by Crippen LogP contribution is 2.27. The zero-order valence-corrected chi connectivity index (χ0v) is 15.4. The molecular formula is C19H18F3N5O. The molecule has 9 heteroatoms. The highest BCUT2D eigenvalue weighted by atomic mass is 19.4. The summed E-state index contributed by atoms with van der Waals surface area (Å²) in [6.45, 7) is 3.87. The Morgan fingerprint density at radius 3 is 2.50 bits per heavy atom. The Balaban J connectivity index is 2.17. The first-order valence-corrected chi connectivity index (χ1v) is 8.77. The van der Waals surface area contributed by atoms with E-state index in [0.717, 1.165) is 0 Å². The number of aryl methyl sites for hydroxylation is 1. The number of hydrogen-bond acceptors (Lipinski definition) is 4. The smallest absolute Gasteiger partial charge is 0.315 e. The number of fused-ring (bicyclic) bond motifs is 1. The lowest BCUT2D eigenvalue weighted by Crippen LogP contribution is -2.26. The van der Waals surface area contributed by atoms with E-state index in [-0.39, 0.29) is 17.8 Å². The summed E-state index contributed by atoms with van der Waals surface area (Å²) < 4.78 is 41.3. The standard InChI is InChI=1S/C19H18F3N5O/c1-3-26-11-24-16-17(26)25-15(8-12(2)9-19(20,21)22)27(18(16)28)14-6-4-13(10-23)5-7-14/h4-7,11-12H,3,8-9H2,1-2H3. The molecule has 146 valence electrons. The summed E-state index contributed by atoms with van der Waals surface area (Å²) in [5.74, 6) is -0.527. The molecule has 1 unspecified atom stereocenters. The van der Waals surface area contributed by atoms with Gasteiger partial charge in [0.2, 0.25) is 0 Å². The molecule has 3 aromatic rings. The Morgan fingerprint density at radius 2 is 1.93 bits per heavy atom. The van der Waals surface area contributed by atoms with Crippen LogP contribution in [0.5, 0.6) is 0 Å². The minimum atomic E-state index is -4.30. The lowest BCUT2D eigenvalue weighted by atomic mass is 10.0. The van der Waals surface area contributed by atoms with Crippen LogP contribution in [0, 0.1) is 17.2 Å². The van der Waals surface area contributed by atoms with Gasteiger partial charge in [0, 0.05) is 19.4 Å². The number of nitriles is 1. The van der Waals surface area contributed by atoms with Gasteiger partial charge >= 0.3 is 6.18 Å². The molecule has 3 rings (SSSR count). The molecule has 2 aromatic heterocycles. The van der Waals surface area contributed by atoms with Crippen LogP contribution in [0.4, 0.5) is 13.2 Å². The molecule has 0 fully saturated rings. The van der Waals surface area contributed by atoms with Crippen LogP contribution in [0.2, 0.25) is 0 Å². The van der Waals surface area contributed by atoms with Gasteiger partial charge < -0.3 is 4.57 Å². The van der Waals surface area contributed by atoms with Gasteiger partial charge in [-0.2, -0.15) is 18.4 Å². The van der Waals surface area contributed by atoms with Gasteiger partial charge in [-0.05, 0) is 37.1 Å². The van der Waals surface area contributed by atoms with Crippen molar-refractivity contribution in [3.8, 4) is 11.8 Å². The van der Waals surface area contributed by atoms with E-state index in [0.29, 0.717) is 23.4 Å². The molecule has 0 amide bonds. The molecule has 6 nitrogen and oxygen atoms in total. The predicted octanol–water partition coefficient (Wildman–Crippen LogP) is 3.60. The van der Waals surface area contributed by atoms with Gasteiger partial charge in [0.25, 0.3) is 5.56 Å². The minimum absolute atomic E-state index is 0.0282. The van der Waals surface area contributed by atoms with E-state index < -0.39 is 24.1 Å². The fourth-order valence-electron chi connectivity index (χ4n) is 3.14. The third-order valence-corrected chi connectivity index (χ3v) is 4.42. The average molecular weight is 389 g/mol. The molecule has 0 aliphatic carbocycles. The van der Waals surface area contributed by atoms with E-state index >= 15 is 0 Å². The summed E-state index contributed by atoms with van der Waals surface area (Å²) >= 11 is 0. The molecule has 2 heterocycles. The van der Waals surface area contributed by atoms with E-state index in [1.165, 1.54) is 17.8 Å². The second kappa shape index (κ2) is 7.46. The van der Waals surface area contributed by atoms with E-state index in [4.69, 9.17) is 5.26 Å². The molecule has 28 heavy (non-hydrogen) atoms. The normalized spacial score (nSPS) is 12.9. The summed E-state index contributed by atoms with van der Waals surface area (Å²) in [6, 6.07) is 8.22. The van der Waals surface area contributed by atoms with Gasteiger partial charge in [-0.15, -0.1) is 0 Å². The number of nitrogens with zero attached hydrogens (tertiary/aromatic N) is 5. The number of halogens is 3. The quantitative estimate of drug-likeness (QED) is 0.668. The van der Waals surface area contributed by atoms with Crippen molar-refractivity contribution >= 4 is 11.2 Å². The van der Waals surface area contributed by atoms with Crippen LogP contribution in [0.25, 0.3) is 16.9 Å². The average Bonchev–Trinajstić information content (AvgIpc) is 3.04. The van der Waals surface area contributed by atoms with E-state index in [2.05, 4.69) is 9.97 Å². The molecule has 1 atom stereocenters. The number of aromatic nitrogens is 4. The first-order valence-electron chi connectivity index (χ1n) is 8.77. The number of alkyl halides is 3. The lowest BCUT2D eigenvalue weighted by molar-refractivity contribution is -0.143. The molecule has 0 bridgehead atoms. The topological polar surface area (TPSA) is 76.5 Å². The summed E-state index contributed by atoms with van der Waals surface area (Å²) in [7, 11) is 0. The first-order chi connectivity index (χ1) is 13.2. The second-order valence-electron chi connectivity index (χ2n) is 6.66. The van der Waals surface area contributed by atoms with Crippen molar-refractivity contribution in [2.75, 3.05) is 0 Å². The Bertz CT molecular complexity index is 1090. The monoisotopic (exact) mass is 389 g/mol. The van der Waals surface area contributed by atoms with Crippen molar-refractivity contribution in [3.05, 3.63) is 52.3 Å². The molecule has 0 saturated heterocycles. The minimum Gasteiger partial charge on any atom is -0.315 e. The molecule has 0 aliphatic heterocycles. The second-order valence-corrected chi connectivity index (χ2v) is 6.66. The van der Waals surface area contributed by atoms with Gasteiger partial charge in [-0.25, -0.2) is 9.97 Å². The van der Waals surface area contributed by atoms with Crippen molar-refractivity contribution in [1.82, 2.24) is 19.1 Å². The Morgan fingerprint density at radius 1 is 1.25 bits per heavy atom.